The van der Waals surface area contributed by atoms with Crippen molar-refractivity contribution in [2.45, 2.75) is 56.3 Å². The number of methoxy groups -OCH3 is 2. The molecule has 0 radical (unpaired) electrons. The van der Waals surface area contributed by atoms with Crippen LogP contribution in [-0.2, 0) is 30.0 Å². The second-order valence-electron chi connectivity index (χ2n) is 14.6. The van der Waals surface area contributed by atoms with Crippen molar-refractivity contribution in [3.05, 3.63) is 161 Å². The van der Waals surface area contributed by atoms with Crippen LogP contribution in [0.5, 0.6) is 17.2 Å². The van der Waals surface area contributed by atoms with Crippen LogP contribution in [0, 0.1) is 0 Å². The molecule has 5 aromatic rings. The Balaban J connectivity index is 1.23. The van der Waals surface area contributed by atoms with E-state index in [1.54, 1.807) is 20.3 Å². The number of hydrogen-bond donors (Lipinski definition) is 2. The van der Waals surface area contributed by atoms with E-state index in [-0.39, 0.29) is 31.1 Å². The van der Waals surface area contributed by atoms with Crippen molar-refractivity contribution in [1.29, 1.82) is 0 Å². The Morgan fingerprint density at radius 1 is 0.842 bits per heavy atom. The van der Waals surface area contributed by atoms with Crippen LogP contribution >= 0.6 is 0 Å². The number of carbonyl (C=O) groups is 1. The molecule has 1 aromatic heterocycles. The molecule has 1 aliphatic heterocycles. The first kappa shape index (κ1) is 40.9. The maximum Gasteiger partial charge on any atom is 0.351 e. The maximum atomic E-state index is 13.5. The normalized spacial score (nSPS) is 18.1. The average Bonchev–Trinajstić information content (AvgIpc) is 3.53. The van der Waals surface area contributed by atoms with Crippen molar-refractivity contribution in [2.24, 2.45) is 0 Å². The SMILES string of the molecule is C=CCO[C@@H]1[C@H](O)[C@@H](COC(c2ccccc2)(c2ccc(OC)cc2)c2ccc(OC)cc2)O[C@H]1n1ccc(NC(=O)COc2ccc(C(C)(C)C)cc2)nc1=O. The van der Waals surface area contributed by atoms with Gasteiger partial charge < -0.3 is 38.8 Å². The van der Waals surface area contributed by atoms with Crippen molar-refractivity contribution in [1.82, 2.24) is 9.55 Å². The molecule has 0 spiro atoms. The zero-order valence-electron chi connectivity index (χ0n) is 32.8. The molecule has 6 rings (SSSR count). The molecule has 1 aliphatic rings. The number of carbonyl (C=O) groups excluding carboxylic acids is 1. The molecule has 2 N–H and O–H groups in total. The Morgan fingerprint density at radius 2 is 1.40 bits per heavy atom. The van der Waals surface area contributed by atoms with Gasteiger partial charge in [0.2, 0.25) is 0 Å². The molecule has 298 valence electrons. The number of aliphatic hydroxyl groups excluding tert-OH is 1. The molecule has 0 aliphatic carbocycles. The highest BCUT2D eigenvalue weighted by molar-refractivity contribution is 5.90. The monoisotopic (exact) mass is 775 g/mol. The molecular weight excluding hydrogens is 727 g/mol. The summed E-state index contributed by atoms with van der Waals surface area (Å²) in [5.74, 6) is 1.43. The van der Waals surface area contributed by atoms with Gasteiger partial charge in [0.15, 0.2) is 12.8 Å². The summed E-state index contributed by atoms with van der Waals surface area (Å²) in [4.78, 5) is 30.3. The third-order valence-electron chi connectivity index (χ3n) is 9.82. The molecule has 12 nitrogen and oxygen atoms in total. The zero-order valence-corrected chi connectivity index (χ0v) is 32.8. The standard InChI is InChI=1S/C45H49N3O9/c1-7-27-54-41-40(50)37(57-42(41)48-26-25-38(47-43(48)51)46-39(49)29-55-36-23-13-30(14-24-36)44(2,3)4)28-56-45(31-11-9-8-10-12-31,32-15-19-34(52-5)20-16-32)33-17-21-35(53-6)22-18-33/h7-26,37,40-42,50H,1,27-29H2,2-6H3,(H,46,47,49,51)/t37-,40-,41-,42-/m1/s1. The molecule has 12 heteroatoms. The molecule has 4 atom stereocenters. The van der Waals surface area contributed by atoms with E-state index >= 15 is 0 Å². The van der Waals surface area contributed by atoms with Crippen molar-refractivity contribution < 1.29 is 38.3 Å². The first-order valence-electron chi connectivity index (χ1n) is 18.6. The zero-order chi connectivity index (χ0) is 40.6. The highest BCUT2D eigenvalue weighted by atomic mass is 16.6. The summed E-state index contributed by atoms with van der Waals surface area (Å²) in [6, 6.07) is 33.9. The van der Waals surface area contributed by atoms with Gasteiger partial charge in [0.1, 0.15) is 47.0 Å². The fourth-order valence-corrected chi connectivity index (χ4v) is 6.78. The molecule has 1 amide bonds. The minimum absolute atomic E-state index is 0.0140. The van der Waals surface area contributed by atoms with Crippen LogP contribution in [0.4, 0.5) is 5.82 Å². The molecule has 1 saturated heterocycles. The van der Waals surface area contributed by atoms with E-state index in [4.69, 9.17) is 28.4 Å². The van der Waals surface area contributed by atoms with Crippen LogP contribution in [0.2, 0.25) is 0 Å². The third-order valence-corrected chi connectivity index (χ3v) is 9.82. The van der Waals surface area contributed by atoms with Crippen molar-refractivity contribution >= 4 is 11.7 Å². The summed E-state index contributed by atoms with van der Waals surface area (Å²) in [6.45, 7) is 9.77. The van der Waals surface area contributed by atoms with Gasteiger partial charge in [-0.1, -0.05) is 93.6 Å². The van der Waals surface area contributed by atoms with E-state index in [0.717, 1.165) is 22.3 Å². The first-order chi connectivity index (χ1) is 27.5. The number of aromatic nitrogens is 2. The van der Waals surface area contributed by atoms with E-state index in [2.05, 4.69) is 37.7 Å². The van der Waals surface area contributed by atoms with E-state index in [9.17, 15) is 14.7 Å². The number of nitrogens with zero attached hydrogens (tertiary/aromatic N) is 2. The third kappa shape index (κ3) is 9.27. The van der Waals surface area contributed by atoms with Crippen LogP contribution in [-0.4, -0.2) is 72.9 Å². The number of nitrogens with one attached hydrogen (secondary N) is 1. The summed E-state index contributed by atoms with van der Waals surface area (Å²) < 4.78 is 37.2. The van der Waals surface area contributed by atoms with Gasteiger partial charge >= 0.3 is 5.69 Å². The number of rotatable bonds is 16. The second kappa shape index (κ2) is 18.0. The van der Waals surface area contributed by atoms with Gasteiger partial charge in [-0.25, -0.2) is 4.79 Å². The molecule has 0 bridgehead atoms. The predicted octanol–water partition coefficient (Wildman–Crippen LogP) is 6.41. The smallest absolute Gasteiger partial charge is 0.351 e. The number of hydrogen-bond acceptors (Lipinski definition) is 10. The van der Waals surface area contributed by atoms with Gasteiger partial charge in [-0.2, -0.15) is 4.98 Å². The number of ether oxygens (including phenoxy) is 6. The van der Waals surface area contributed by atoms with E-state index < -0.39 is 41.7 Å². The summed E-state index contributed by atoms with van der Waals surface area (Å²) in [7, 11) is 3.21. The van der Waals surface area contributed by atoms with Crippen molar-refractivity contribution in [3.8, 4) is 17.2 Å². The Labute approximate surface area is 332 Å². The average molecular weight is 776 g/mol. The van der Waals surface area contributed by atoms with Gasteiger partial charge in [-0.05, 0) is 70.1 Å². The van der Waals surface area contributed by atoms with E-state index in [0.29, 0.717) is 17.2 Å². The van der Waals surface area contributed by atoms with Crippen molar-refractivity contribution in [3.63, 3.8) is 0 Å². The fourth-order valence-electron chi connectivity index (χ4n) is 6.78. The highest BCUT2D eigenvalue weighted by Crippen LogP contribution is 2.43. The molecule has 4 aromatic carbocycles. The molecule has 0 saturated carbocycles. The van der Waals surface area contributed by atoms with Gasteiger partial charge in [0.25, 0.3) is 5.91 Å². The lowest BCUT2D eigenvalue weighted by Gasteiger charge is -2.37. The lowest BCUT2D eigenvalue weighted by molar-refractivity contribution is -0.118. The summed E-state index contributed by atoms with van der Waals surface area (Å²) in [6.07, 6.45) is -1.29. The number of aliphatic hydroxyl groups is 1. The first-order valence-corrected chi connectivity index (χ1v) is 18.6. The van der Waals surface area contributed by atoms with Gasteiger partial charge in [-0.3, -0.25) is 9.36 Å². The minimum Gasteiger partial charge on any atom is -0.497 e. The highest BCUT2D eigenvalue weighted by Gasteiger charge is 2.48. The Morgan fingerprint density at radius 3 is 1.95 bits per heavy atom. The quantitative estimate of drug-likeness (QED) is 0.0854. The molecule has 0 unspecified atom stereocenters. The minimum atomic E-state index is -1.23. The van der Waals surface area contributed by atoms with E-state index in [1.165, 1.54) is 16.8 Å². The molecular formula is C45H49N3O9. The summed E-state index contributed by atoms with van der Waals surface area (Å²) in [5, 5.41) is 14.3. The largest absolute Gasteiger partial charge is 0.497 e. The summed E-state index contributed by atoms with van der Waals surface area (Å²) in [5.41, 5.74) is 1.63. The predicted molar refractivity (Wildman–Crippen MR) is 216 cm³/mol. The van der Waals surface area contributed by atoms with E-state index in [1.807, 2.05) is 103 Å². The van der Waals surface area contributed by atoms with Gasteiger partial charge in [0, 0.05) is 6.20 Å². The fraction of sp³-hybridized carbons (Fsp3) is 0.311. The lowest BCUT2D eigenvalue weighted by Crippen LogP contribution is -2.40. The number of amides is 1. The lowest BCUT2D eigenvalue weighted by atomic mass is 9.80. The number of benzene rings is 4. The summed E-state index contributed by atoms with van der Waals surface area (Å²) >= 11 is 0. The second-order valence-corrected chi connectivity index (χ2v) is 14.6. The molecule has 57 heavy (non-hydrogen) atoms. The molecule has 1 fully saturated rings. The Bertz CT molecular complexity index is 2100. The Kier molecular flexibility index (Phi) is 12.9. The van der Waals surface area contributed by atoms with Gasteiger partial charge in [-0.15, -0.1) is 6.58 Å². The number of anilines is 1. The van der Waals surface area contributed by atoms with Crippen molar-refractivity contribution in [2.75, 3.05) is 39.4 Å². The van der Waals surface area contributed by atoms with Gasteiger partial charge in [0.05, 0.1) is 27.4 Å². The van der Waals surface area contributed by atoms with Crippen LogP contribution in [0.1, 0.15) is 49.3 Å². The van der Waals surface area contributed by atoms with Crippen LogP contribution < -0.4 is 25.2 Å². The van der Waals surface area contributed by atoms with Crippen LogP contribution in [0.15, 0.2) is 133 Å². The topological polar surface area (TPSA) is 140 Å². The van der Waals surface area contributed by atoms with Crippen LogP contribution in [0.25, 0.3) is 0 Å². The maximum absolute atomic E-state index is 13.5. The molecule has 2 heterocycles. The Hall–Kier alpha value is -5.79. The van der Waals surface area contributed by atoms with Crippen LogP contribution in [0.3, 0.4) is 0 Å².